The largest absolute Gasteiger partial charge is 0.374 e. The van der Waals surface area contributed by atoms with Crippen LogP contribution in [0, 0.1) is 0 Å². The van der Waals surface area contributed by atoms with Crippen molar-refractivity contribution in [2.45, 2.75) is 32.8 Å². The molecule has 0 aliphatic carbocycles. The normalized spacial score (nSPS) is 11.4. The van der Waals surface area contributed by atoms with E-state index in [0.29, 0.717) is 26.1 Å². The molecule has 0 aromatic carbocycles. The van der Waals surface area contributed by atoms with Crippen LogP contribution in [0.3, 0.4) is 0 Å². The molecule has 0 aliphatic heterocycles. The summed E-state index contributed by atoms with van der Waals surface area (Å²) in [5.74, 6) is -0.0183. The van der Waals surface area contributed by atoms with E-state index in [0.717, 1.165) is 0 Å². The molecule has 0 radical (unpaired) electrons. The lowest BCUT2D eigenvalue weighted by Gasteiger charge is -2.24. The number of hydrogen-bond acceptors (Lipinski definition) is 3. The number of carbonyl (C=O) groups excluding carboxylic acids is 1. The zero-order chi connectivity index (χ0) is 10.3. The summed E-state index contributed by atoms with van der Waals surface area (Å²) in [4.78, 5) is 11.0. The van der Waals surface area contributed by atoms with Crippen LogP contribution in [0.15, 0.2) is 0 Å². The molecule has 4 nitrogen and oxygen atoms in total. The molecule has 0 saturated heterocycles. The Morgan fingerprint density at radius 1 is 1.54 bits per heavy atom. The summed E-state index contributed by atoms with van der Waals surface area (Å²) in [6.45, 7) is 7.39. The maximum atomic E-state index is 11.0. The first-order chi connectivity index (χ1) is 6.02. The van der Waals surface area contributed by atoms with E-state index in [4.69, 9.17) is 10.5 Å². The molecule has 78 valence electrons. The van der Waals surface area contributed by atoms with E-state index in [9.17, 15) is 4.79 Å². The van der Waals surface area contributed by atoms with Gasteiger partial charge in [0.05, 0.1) is 5.60 Å². The van der Waals surface area contributed by atoms with Crippen molar-refractivity contribution in [1.29, 1.82) is 0 Å². The first kappa shape index (κ1) is 12.4. The number of hydrogen-bond donors (Lipinski definition) is 2. The molecular weight excluding hydrogens is 168 g/mol. The summed E-state index contributed by atoms with van der Waals surface area (Å²) < 4.78 is 5.41. The van der Waals surface area contributed by atoms with Gasteiger partial charge in [-0.05, 0) is 20.8 Å². The molecule has 0 atom stereocenters. The van der Waals surface area contributed by atoms with Gasteiger partial charge in [-0.2, -0.15) is 0 Å². The number of ether oxygens (including phenoxy) is 1. The van der Waals surface area contributed by atoms with Gasteiger partial charge in [0.25, 0.3) is 0 Å². The van der Waals surface area contributed by atoms with Crippen LogP contribution in [0.25, 0.3) is 0 Å². The zero-order valence-electron chi connectivity index (χ0n) is 8.72. The summed E-state index contributed by atoms with van der Waals surface area (Å²) in [5.41, 5.74) is 4.94. The van der Waals surface area contributed by atoms with Gasteiger partial charge in [0, 0.05) is 26.1 Å². The highest BCUT2D eigenvalue weighted by molar-refractivity contribution is 5.76. The molecule has 0 saturated carbocycles. The van der Waals surface area contributed by atoms with Crippen molar-refractivity contribution in [2.24, 2.45) is 5.73 Å². The van der Waals surface area contributed by atoms with Crippen LogP contribution < -0.4 is 11.1 Å². The third-order valence-electron chi connectivity index (χ3n) is 1.62. The zero-order valence-corrected chi connectivity index (χ0v) is 8.72. The van der Waals surface area contributed by atoms with Gasteiger partial charge in [-0.1, -0.05) is 0 Å². The molecule has 0 aliphatic rings. The number of nitrogens with one attached hydrogen (secondary N) is 1. The van der Waals surface area contributed by atoms with E-state index in [1.807, 2.05) is 20.8 Å². The minimum atomic E-state index is -0.293. The maximum absolute atomic E-state index is 11.0. The van der Waals surface area contributed by atoms with Crippen LogP contribution >= 0.6 is 0 Å². The first-order valence-electron chi connectivity index (χ1n) is 4.62. The number of carbonyl (C=O) groups is 1. The van der Waals surface area contributed by atoms with E-state index in [-0.39, 0.29) is 11.5 Å². The third-order valence-corrected chi connectivity index (χ3v) is 1.62. The Morgan fingerprint density at radius 2 is 2.15 bits per heavy atom. The molecule has 1 amide bonds. The molecule has 3 N–H and O–H groups in total. The fourth-order valence-corrected chi connectivity index (χ4v) is 0.973. The molecular formula is C9H20N2O2. The Labute approximate surface area is 79.8 Å². The van der Waals surface area contributed by atoms with Crippen molar-refractivity contribution in [1.82, 2.24) is 5.32 Å². The second-order valence-corrected chi connectivity index (χ2v) is 3.51. The smallest absolute Gasteiger partial charge is 0.221 e. The summed E-state index contributed by atoms with van der Waals surface area (Å²) in [5, 5.41) is 2.76. The summed E-state index contributed by atoms with van der Waals surface area (Å²) in [7, 11) is 0. The lowest BCUT2D eigenvalue weighted by atomic mass is 10.1. The standard InChI is InChI=1S/C9H20N2O2/c1-4-13-9(2,3)7-11-8(12)5-6-10/h4-7,10H2,1-3H3,(H,11,12). The molecule has 0 aromatic heterocycles. The average Bonchev–Trinajstić information content (AvgIpc) is 2.02. The maximum Gasteiger partial charge on any atom is 0.221 e. The van der Waals surface area contributed by atoms with E-state index < -0.39 is 0 Å². The van der Waals surface area contributed by atoms with Gasteiger partial charge < -0.3 is 15.8 Å². The molecule has 0 fully saturated rings. The van der Waals surface area contributed by atoms with E-state index in [2.05, 4.69) is 5.32 Å². The van der Waals surface area contributed by atoms with E-state index >= 15 is 0 Å². The Balaban J connectivity index is 3.67. The van der Waals surface area contributed by atoms with E-state index in [1.54, 1.807) is 0 Å². The molecule has 13 heavy (non-hydrogen) atoms. The highest BCUT2D eigenvalue weighted by atomic mass is 16.5. The predicted octanol–water partition coefficient (Wildman–Crippen LogP) is 0.267. The van der Waals surface area contributed by atoms with Gasteiger partial charge in [0.1, 0.15) is 0 Å². The third kappa shape index (κ3) is 6.54. The van der Waals surface area contributed by atoms with Gasteiger partial charge in [-0.25, -0.2) is 0 Å². The van der Waals surface area contributed by atoms with Crippen molar-refractivity contribution in [3.63, 3.8) is 0 Å². The lowest BCUT2D eigenvalue weighted by molar-refractivity contribution is -0.122. The molecule has 4 heteroatoms. The molecule has 0 rings (SSSR count). The van der Waals surface area contributed by atoms with Crippen molar-refractivity contribution < 1.29 is 9.53 Å². The van der Waals surface area contributed by atoms with Crippen LogP contribution in [0.4, 0.5) is 0 Å². The molecule has 0 unspecified atom stereocenters. The van der Waals surface area contributed by atoms with Gasteiger partial charge >= 0.3 is 0 Å². The Hall–Kier alpha value is -0.610. The van der Waals surface area contributed by atoms with Crippen molar-refractivity contribution in [3.05, 3.63) is 0 Å². The Kier molecular flexibility index (Phi) is 5.66. The molecule has 0 heterocycles. The minimum Gasteiger partial charge on any atom is -0.374 e. The number of amides is 1. The highest BCUT2D eigenvalue weighted by Gasteiger charge is 2.17. The second kappa shape index (κ2) is 5.94. The van der Waals surface area contributed by atoms with Crippen LogP contribution in [-0.4, -0.2) is 31.2 Å². The van der Waals surface area contributed by atoms with Crippen LogP contribution in [0.2, 0.25) is 0 Å². The van der Waals surface area contributed by atoms with Crippen molar-refractivity contribution >= 4 is 5.91 Å². The topological polar surface area (TPSA) is 64.3 Å². The average molecular weight is 188 g/mol. The molecule has 0 bridgehead atoms. The van der Waals surface area contributed by atoms with Crippen molar-refractivity contribution in [2.75, 3.05) is 19.7 Å². The number of rotatable bonds is 6. The van der Waals surface area contributed by atoms with Crippen LogP contribution in [0.1, 0.15) is 27.2 Å². The summed E-state index contributed by atoms with van der Waals surface area (Å²) >= 11 is 0. The van der Waals surface area contributed by atoms with Crippen LogP contribution in [-0.2, 0) is 9.53 Å². The Bertz CT molecular complexity index is 158. The van der Waals surface area contributed by atoms with Gasteiger partial charge in [0.15, 0.2) is 0 Å². The highest BCUT2D eigenvalue weighted by Crippen LogP contribution is 2.06. The minimum absolute atomic E-state index is 0.0183. The Morgan fingerprint density at radius 3 is 2.62 bits per heavy atom. The molecule has 0 spiro atoms. The fourth-order valence-electron chi connectivity index (χ4n) is 0.973. The van der Waals surface area contributed by atoms with Crippen molar-refractivity contribution in [3.8, 4) is 0 Å². The van der Waals surface area contributed by atoms with E-state index in [1.165, 1.54) is 0 Å². The van der Waals surface area contributed by atoms with Crippen LogP contribution in [0.5, 0.6) is 0 Å². The SMILES string of the molecule is CCOC(C)(C)CNC(=O)CCN. The van der Waals surface area contributed by atoms with Gasteiger partial charge in [-0.3, -0.25) is 4.79 Å². The fraction of sp³-hybridized carbons (Fsp3) is 0.889. The van der Waals surface area contributed by atoms with Gasteiger partial charge in [0.2, 0.25) is 5.91 Å². The molecule has 0 aromatic rings. The lowest BCUT2D eigenvalue weighted by Crippen LogP contribution is -2.40. The first-order valence-corrected chi connectivity index (χ1v) is 4.62. The summed E-state index contributed by atoms with van der Waals surface area (Å²) in [6, 6.07) is 0. The van der Waals surface area contributed by atoms with Gasteiger partial charge in [-0.15, -0.1) is 0 Å². The monoisotopic (exact) mass is 188 g/mol. The predicted molar refractivity (Wildman–Crippen MR) is 52.4 cm³/mol. The summed E-state index contributed by atoms with van der Waals surface area (Å²) in [6.07, 6.45) is 0.377. The quantitative estimate of drug-likeness (QED) is 0.628. The second-order valence-electron chi connectivity index (χ2n) is 3.51. The number of nitrogens with two attached hydrogens (primary N) is 1.